The molecule has 0 saturated carbocycles. The largest absolute Gasteiger partial charge is 0.263 e. The summed E-state index contributed by atoms with van der Waals surface area (Å²) in [5, 5.41) is 0.230. The Balaban J connectivity index is 2.42. The van der Waals surface area contributed by atoms with Gasteiger partial charge >= 0.3 is 0 Å². The summed E-state index contributed by atoms with van der Waals surface area (Å²) in [6.07, 6.45) is 3.87. The van der Waals surface area contributed by atoms with Gasteiger partial charge in [-0.25, -0.2) is 8.42 Å². The molecule has 2 rings (SSSR count). The summed E-state index contributed by atoms with van der Waals surface area (Å²) < 4.78 is 27.0. The quantitative estimate of drug-likeness (QED) is 0.844. The van der Waals surface area contributed by atoms with Gasteiger partial charge in [-0.3, -0.25) is 4.98 Å². The van der Waals surface area contributed by atoms with Crippen LogP contribution < -0.4 is 0 Å². The smallest absolute Gasteiger partial charge is 0.246 e. The summed E-state index contributed by atoms with van der Waals surface area (Å²) in [6, 6.07) is 1.49. The first kappa shape index (κ1) is 14.8. The van der Waals surface area contributed by atoms with Crippen molar-refractivity contribution in [2.24, 2.45) is 11.8 Å². The van der Waals surface area contributed by atoms with Crippen LogP contribution in [0.15, 0.2) is 23.4 Å². The van der Waals surface area contributed by atoms with E-state index in [9.17, 15) is 8.42 Å². The lowest BCUT2D eigenvalue weighted by atomic mass is 9.88. The van der Waals surface area contributed by atoms with Crippen molar-refractivity contribution in [2.75, 3.05) is 6.54 Å². The molecule has 106 valence electrons. The third kappa shape index (κ3) is 2.78. The van der Waals surface area contributed by atoms with E-state index in [1.807, 2.05) is 6.92 Å². The second-order valence-electron chi connectivity index (χ2n) is 5.44. The number of nitrogens with zero attached hydrogens (tertiary/aromatic N) is 2. The summed E-state index contributed by atoms with van der Waals surface area (Å²) in [5.41, 5.74) is 0. The molecule has 0 radical (unpaired) electrons. The molecule has 1 aromatic heterocycles. The van der Waals surface area contributed by atoms with E-state index in [0.29, 0.717) is 18.4 Å². The monoisotopic (exact) mass is 302 g/mol. The minimum absolute atomic E-state index is 0.0162. The van der Waals surface area contributed by atoms with Gasteiger partial charge in [0.25, 0.3) is 0 Å². The Hall–Kier alpha value is -0.650. The van der Waals surface area contributed by atoms with Crippen LogP contribution in [-0.2, 0) is 10.0 Å². The van der Waals surface area contributed by atoms with Crippen LogP contribution in [-0.4, -0.2) is 30.3 Å². The topological polar surface area (TPSA) is 50.3 Å². The van der Waals surface area contributed by atoms with Crippen LogP contribution in [0.4, 0.5) is 0 Å². The zero-order chi connectivity index (χ0) is 14.2. The number of rotatable bonds is 2. The molecule has 3 unspecified atom stereocenters. The Morgan fingerprint density at radius 2 is 2.05 bits per heavy atom. The Morgan fingerprint density at radius 3 is 2.68 bits per heavy atom. The lowest BCUT2D eigenvalue weighted by Crippen LogP contribution is -2.48. The third-order valence-corrected chi connectivity index (χ3v) is 6.29. The van der Waals surface area contributed by atoms with Crippen molar-refractivity contribution in [1.29, 1.82) is 0 Å². The molecule has 1 aliphatic heterocycles. The van der Waals surface area contributed by atoms with E-state index in [1.165, 1.54) is 18.5 Å². The molecule has 6 heteroatoms. The standard InChI is InChI=1S/C13H19ClN2O2S/c1-9-6-10(2)11(3)16(8-9)19(17,18)13-7-15-5-4-12(13)14/h4-5,7,9-11H,6,8H2,1-3H3. The van der Waals surface area contributed by atoms with E-state index in [0.717, 1.165) is 6.42 Å². The summed E-state index contributed by atoms with van der Waals surface area (Å²) in [5.74, 6) is 0.699. The maximum absolute atomic E-state index is 12.7. The maximum atomic E-state index is 12.7. The Morgan fingerprint density at radius 1 is 1.37 bits per heavy atom. The van der Waals surface area contributed by atoms with E-state index in [2.05, 4.69) is 18.8 Å². The Bertz CT molecular complexity index is 562. The molecule has 0 N–H and O–H groups in total. The number of halogens is 1. The minimum Gasteiger partial charge on any atom is -0.263 e. The fourth-order valence-corrected chi connectivity index (χ4v) is 4.91. The van der Waals surface area contributed by atoms with Gasteiger partial charge in [0.2, 0.25) is 10.0 Å². The second kappa shape index (κ2) is 5.38. The van der Waals surface area contributed by atoms with Crippen LogP contribution in [0.25, 0.3) is 0 Å². The predicted molar refractivity (Wildman–Crippen MR) is 75.5 cm³/mol. The van der Waals surface area contributed by atoms with Crippen molar-refractivity contribution in [3.05, 3.63) is 23.5 Å². The summed E-state index contributed by atoms with van der Waals surface area (Å²) in [7, 11) is -3.57. The average Bonchev–Trinajstić information content (AvgIpc) is 2.34. The van der Waals surface area contributed by atoms with Crippen molar-refractivity contribution in [3.63, 3.8) is 0 Å². The molecular weight excluding hydrogens is 284 g/mol. The molecule has 19 heavy (non-hydrogen) atoms. The van der Waals surface area contributed by atoms with E-state index >= 15 is 0 Å². The van der Waals surface area contributed by atoms with Crippen LogP contribution in [0.2, 0.25) is 5.02 Å². The first-order chi connectivity index (χ1) is 8.84. The maximum Gasteiger partial charge on any atom is 0.246 e. The summed E-state index contributed by atoms with van der Waals surface area (Å²) in [6.45, 7) is 6.67. The fourth-order valence-electron chi connectivity index (χ4n) is 2.66. The summed E-state index contributed by atoms with van der Waals surface area (Å²) >= 11 is 6.00. The molecule has 1 fully saturated rings. The van der Waals surface area contributed by atoms with E-state index < -0.39 is 10.0 Å². The average molecular weight is 303 g/mol. The van der Waals surface area contributed by atoms with E-state index in [4.69, 9.17) is 11.6 Å². The van der Waals surface area contributed by atoms with Gasteiger partial charge in [-0.15, -0.1) is 0 Å². The lowest BCUT2D eigenvalue weighted by Gasteiger charge is -2.40. The van der Waals surface area contributed by atoms with Gasteiger partial charge < -0.3 is 0 Å². The SMILES string of the molecule is CC1CC(C)C(C)N(S(=O)(=O)c2cnccc2Cl)C1. The van der Waals surface area contributed by atoms with E-state index in [-0.39, 0.29) is 16.0 Å². The minimum atomic E-state index is -3.57. The number of sulfonamides is 1. The highest BCUT2D eigenvalue weighted by Gasteiger charge is 2.38. The first-order valence-electron chi connectivity index (χ1n) is 6.45. The van der Waals surface area contributed by atoms with Gasteiger partial charge in [0.05, 0.1) is 5.02 Å². The Labute approximate surface area is 119 Å². The predicted octanol–water partition coefficient (Wildman–Crippen LogP) is 2.79. The van der Waals surface area contributed by atoms with Gasteiger partial charge in [-0.2, -0.15) is 4.31 Å². The number of hydrogen-bond donors (Lipinski definition) is 0. The van der Waals surface area contributed by atoms with Crippen molar-refractivity contribution < 1.29 is 8.42 Å². The molecule has 2 heterocycles. The summed E-state index contributed by atoms with van der Waals surface area (Å²) in [4.78, 5) is 3.98. The molecule has 4 nitrogen and oxygen atoms in total. The molecule has 1 saturated heterocycles. The molecule has 1 aliphatic rings. The second-order valence-corrected chi connectivity index (χ2v) is 7.71. The van der Waals surface area contributed by atoms with Crippen LogP contribution in [0.3, 0.4) is 0 Å². The Kier molecular flexibility index (Phi) is 4.18. The van der Waals surface area contributed by atoms with Crippen LogP contribution >= 0.6 is 11.6 Å². The highest BCUT2D eigenvalue weighted by atomic mass is 35.5. The van der Waals surface area contributed by atoms with Crippen LogP contribution in [0.1, 0.15) is 27.2 Å². The molecule has 0 aliphatic carbocycles. The van der Waals surface area contributed by atoms with Crippen LogP contribution in [0, 0.1) is 11.8 Å². The molecule has 1 aromatic rings. The highest BCUT2D eigenvalue weighted by molar-refractivity contribution is 7.89. The zero-order valence-corrected chi connectivity index (χ0v) is 12.9. The van der Waals surface area contributed by atoms with Gasteiger partial charge in [0.1, 0.15) is 4.90 Å². The number of hydrogen-bond acceptors (Lipinski definition) is 3. The molecule has 0 spiro atoms. The molecule has 3 atom stereocenters. The number of pyridine rings is 1. The molecule has 0 bridgehead atoms. The van der Waals surface area contributed by atoms with Crippen molar-refractivity contribution in [2.45, 2.75) is 38.1 Å². The number of aromatic nitrogens is 1. The normalized spacial score (nSPS) is 29.4. The highest BCUT2D eigenvalue weighted by Crippen LogP contribution is 2.33. The van der Waals surface area contributed by atoms with Crippen molar-refractivity contribution >= 4 is 21.6 Å². The van der Waals surface area contributed by atoms with Gasteiger partial charge in [0, 0.05) is 25.0 Å². The van der Waals surface area contributed by atoms with Gasteiger partial charge in [0.15, 0.2) is 0 Å². The lowest BCUT2D eigenvalue weighted by molar-refractivity contribution is 0.157. The third-order valence-electron chi connectivity index (χ3n) is 3.86. The van der Waals surface area contributed by atoms with Crippen molar-refractivity contribution in [3.8, 4) is 0 Å². The van der Waals surface area contributed by atoms with Crippen molar-refractivity contribution in [1.82, 2.24) is 9.29 Å². The van der Waals surface area contributed by atoms with Gasteiger partial charge in [-0.1, -0.05) is 25.4 Å². The zero-order valence-electron chi connectivity index (χ0n) is 11.4. The van der Waals surface area contributed by atoms with Crippen LogP contribution in [0.5, 0.6) is 0 Å². The fraction of sp³-hybridized carbons (Fsp3) is 0.615. The number of piperidine rings is 1. The molecular formula is C13H19ClN2O2S. The van der Waals surface area contributed by atoms with Gasteiger partial charge in [-0.05, 0) is 31.2 Å². The first-order valence-corrected chi connectivity index (χ1v) is 8.27. The molecule has 0 amide bonds. The molecule has 0 aromatic carbocycles. The van der Waals surface area contributed by atoms with E-state index in [1.54, 1.807) is 4.31 Å².